The zero-order valence-corrected chi connectivity index (χ0v) is 10.8. The van der Waals surface area contributed by atoms with Gasteiger partial charge in [0.15, 0.2) is 0 Å². The number of aryl methyl sites for hydroxylation is 1. The summed E-state index contributed by atoms with van der Waals surface area (Å²) in [4.78, 5) is 0. The number of aliphatic hydroxyl groups is 1. The fourth-order valence-electron chi connectivity index (χ4n) is 1.78. The Bertz CT molecular complexity index is 399. The molecule has 1 aromatic heterocycles. The van der Waals surface area contributed by atoms with Gasteiger partial charge in [0.25, 0.3) is 0 Å². The molecule has 1 aromatic rings. The highest BCUT2D eigenvalue weighted by Gasteiger charge is 2.21. The minimum absolute atomic E-state index is 0.580. The standard InChI is InChI=1S/C13H21N3O/c1-4-13(17,5-2)10-15-8-11-6-12(7-14)16(3)9-11/h6,9,15,17H,4-5,8,10H2,1-3H3. The van der Waals surface area contributed by atoms with Crippen molar-refractivity contribution in [2.45, 2.75) is 38.8 Å². The topological polar surface area (TPSA) is 61.0 Å². The van der Waals surface area contributed by atoms with Crippen LogP contribution in [0, 0.1) is 11.3 Å². The van der Waals surface area contributed by atoms with E-state index in [0.29, 0.717) is 18.8 Å². The van der Waals surface area contributed by atoms with Gasteiger partial charge in [-0.2, -0.15) is 5.26 Å². The SMILES string of the molecule is CCC(O)(CC)CNCc1cc(C#N)n(C)c1. The molecule has 0 unspecified atom stereocenters. The van der Waals surface area contributed by atoms with E-state index in [9.17, 15) is 5.11 Å². The van der Waals surface area contributed by atoms with Crippen molar-refractivity contribution < 1.29 is 5.11 Å². The molecule has 0 fully saturated rings. The molecule has 1 heterocycles. The summed E-state index contributed by atoms with van der Waals surface area (Å²) in [6.07, 6.45) is 3.42. The van der Waals surface area contributed by atoms with Crippen LogP contribution in [-0.4, -0.2) is 21.8 Å². The third kappa shape index (κ3) is 3.58. The first kappa shape index (κ1) is 13.8. The molecule has 0 atom stereocenters. The van der Waals surface area contributed by atoms with Crippen LogP contribution in [0.2, 0.25) is 0 Å². The van der Waals surface area contributed by atoms with Gasteiger partial charge in [-0.25, -0.2) is 0 Å². The van der Waals surface area contributed by atoms with Crippen molar-refractivity contribution in [2.75, 3.05) is 6.54 Å². The zero-order chi connectivity index (χ0) is 12.9. The fourth-order valence-corrected chi connectivity index (χ4v) is 1.78. The van der Waals surface area contributed by atoms with Crippen LogP contribution in [0.25, 0.3) is 0 Å². The van der Waals surface area contributed by atoms with E-state index in [4.69, 9.17) is 5.26 Å². The van der Waals surface area contributed by atoms with Crippen LogP contribution >= 0.6 is 0 Å². The molecule has 4 nitrogen and oxygen atoms in total. The first-order valence-electron chi connectivity index (χ1n) is 6.03. The summed E-state index contributed by atoms with van der Waals surface area (Å²) in [5, 5.41) is 22.2. The molecule has 2 N–H and O–H groups in total. The number of rotatable bonds is 6. The van der Waals surface area contributed by atoms with E-state index in [-0.39, 0.29) is 0 Å². The van der Waals surface area contributed by atoms with Crippen LogP contribution in [0.1, 0.15) is 37.9 Å². The highest BCUT2D eigenvalue weighted by atomic mass is 16.3. The average molecular weight is 235 g/mol. The molecular formula is C13H21N3O. The van der Waals surface area contributed by atoms with Gasteiger partial charge in [-0.15, -0.1) is 0 Å². The Morgan fingerprint density at radius 1 is 1.47 bits per heavy atom. The van der Waals surface area contributed by atoms with Crippen molar-refractivity contribution in [1.82, 2.24) is 9.88 Å². The predicted octanol–water partition coefficient (Wildman–Crippen LogP) is 1.54. The summed E-state index contributed by atoms with van der Waals surface area (Å²) in [6, 6.07) is 4.00. The molecule has 0 aromatic carbocycles. The molecule has 0 aliphatic heterocycles. The van der Waals surface area contributed by atoms with Crippen molar-refractivity contribution in [3.63, 3.8) is 0 Å². The van der Waals surface area contributed by atoms with E-state index < -0.39 is 5.60 Å². The molecule has 0 spiro atoms. The van der Waals surface area contributed by atoms with Crippen LogP contribution in [0.15, 0.2) is 12.3 Å². The van der Waals surface area contributed by atoms with E-state index in [0.717, 1.165) is 18.4 Å². The highest BCUT2D eigenvalue weighted by Crippen LogP contribution is 2.13. The summed E-state index contributed by atoms with van der Waals surface area (Å²) in [5.74, 6) is 0. The minimum Gasteiger partial charge on any atom is -0.389 e. The molecule has 0 aliphatic carbocycles. The third-order valence-electron chi connectivity index (χ3n) is 3.28. The predicted molar refractivity (Wildman–Crippen MR) is 67.4 cm³/mol. The number of hydrogen-bond donors (Lipinski definition) is 2. The molecule has 0 aliphatic rings. The maximum absolute atomic E-state index is 10.1. The molecule has 0 bridgehead atoms. The maximum atomic E-state index is 10.1. The first-order valence-corrected chi connectivity index (χ1v) is 6.03. The fraction of sp³-hybridized carbons (Fsp3) is 0.615. The number of aromatic nitrogens is 1. The van der Waals surface area contributed by atoms with Gasteiger partial charge in [0, 0.05) is 26.3 Å². The lowest BCUT2D eigenvalue weighted by Crippen LogP contribution is -2.39. The summed E-state index contributed by atoms with van der Waals surface area (Å²) < 4.78 is 1.81. The van der Waals surface area contributed by atoms with Gasteiger partial charge in [0.1, 0.15) is 11.8 Å². The van der Waals surface area contributed by atoms with Crippen molar-refractivity contribution in [3.05, 3.63) is 23.5 Å². The van der Waals surface area contributed by atoms with Crippen molar-refractivity contribution >= 4 is 0 Å². The zero-order valence-electron chi connectivity index (χ0n) is 10.8. The van der Waals surface area contributed by atoms with E-state index in [1.54, 1.807) is 0 Å². The highest BCUT2D eigenvalue weighted by molar-refractivity contribution is 5.28. The molecule has 1 rings (SSSR count). The van der Waals surface area contributed by atoms with E-state index >= 15 is 0 Å². The van der Waals surface area contributed by atoms with Crippen molar-refractivity contribution in [1.29, 1.82) is 5.26 Å². The van der Waals surface area contributed by atoms with E-state index in [2.05, 4.69) is 11.4 Å². The maximum Gasteiger partial charge on any atom is 0.120 e. The number of nitriles is 1. The van der Waals surface area contributed by atoms with E-state index in [1.165, 1.54) is 0 Å². The largest absolute Gasteiger partial charge is 0.389 e. The second-order valence-electron chi connectivity index (χ2n) is 4.49. The third-order valence-corrected chi connectivity index (χ3v) is 3.28. The Labute approximate surface area is 103 Å². The van der Waals surface area contributed by atoms with E-state index in [1.807, 2.05) is 37.7 Å². The van der Waals surface area contributed by atoms with Crippen LogP contribution in [0.3, 0.4) is 0 Å². The van der Waals surface area contributed by atoms with Crippen LogP contribution in [-0.2, 0) is 13.6 Å². The van der Waals surface area contributed by atoms with Gasteiger partial charge in [-0.3, -0.25) is 0 Å². The Morgan fingerprint density at radius 2 is 2.12 bits per heavy atom. The van der Waals surface area contributed by atoms with Gasteiger partial charge < -0.3 is 15.0 Å². The van der Waals surface area contributed by atoms with Gasteiger partial charge in [-0.1, -0.05) is 13.8 Å². The molecule has 17 heavy (non-hydrogen) atoms. The average Bonchev–Trinajstić information content (AvgIpc) is 2.69. The van der Waals surface area contributed by atoms with Crippen LogP contribution in [0.5, 0.6) is 0 Å². The normalized spacial score (nSPS) is 11.5. The molecule has 4 heteroatoms. The van der Waals surface area contributed by atoms with Gasteiger partial charge in [0.05, 0.1) is 5.60 Å². The van der Waals surface area contributed by atoms with Gasteiger partial charge >= 0.3 is 0 Å². The lowest BCUT2D eigenvalue weighted by Gasteiger charge is -2.25. The molecule has 0 radical (unpaired) electrons. The van der Waals surface area contributed by atoms with Crippen LogP contribution < -0.4 is 5.32 Å². The lowest BCUT2D eigenvalue weighted by atomic mass is 9.97. The number of hydrogen-bond acceptors (Lipinski definition) is 3. The molecule has 94 valence electrons. The van der Waals surface area contributed by atoms with Crippen molar-refractivity contribution in [2.24, 2.45) is 7.05 Å². The quantitative estimate of drug-likeness (QED) is 0.786. The second-order valence-corrected chi connectivity index (χ2v) is 4.49. The molecule has 0 saturated heterocycles. The summed E-state index contributed by atoms with van der Waals surface area (Å²) >= 11 is 0. The molecular weight excluding hydrogens is 214 g/mol. The van der Waals surface area contributed by atoms with Gasteiger partial charge in [-0.05, 0) is 24.5 Å². The minimum atomic E-state index is -0.618. The Kier molecular flexibility index (Phi) is 4.73. The summed E-state index contributed by atoms with van der Waals surface area (Å²) in [7, 11) is 1.86. The smallest absolute Gasteiger partial charge is 0.120 e. The first-order chi connectivity index (χ1) is 8.04. The molecule has 0 amide bonds. The van der Waals surface area contributed by atoms with Gasteiger partial charge in [0.2, 0.25) is 0 Å². The second kappa shape index (κ2) is 5.85. The Hall–Kier alpha value is -1.31. The summed E-state index contributed by atoms with van der Waals surface area (Å²) in [6.45, 7) is 5.23. The number of nitrogens with one attached hydrogen (secondary N) is 1. The van der Waals surface area contributed by atoms with Crippen LogP contribution in [0.4, 0.5) is 0 Å². The Balaban J connectivity index is 2.49. The summed E-state index contributed by atoms with van der Waals surface area (Å²) in [5.41, 5.74) is 1.11. The lowest BCUT2D eigenvalue weighted by molar-refractivity contribution is 0.0323. The monoisotopic (exact) mass is 235 g/mol. The molecule has 0 saturated carbocycles. The van der Waals surface area contributed by atoms with Crippen molar-refractivity contribution in [3.8, 4) is 6.07 Å². The Morgan fingerprint density at radius 3 is 2.59 bits per heavy atom. The number of nitrogens with zero attached hydrogens (tertiary/aromatic N) is 2.